The molecule has 98 valence electrons. The predicted molar refractivity (Wildman–Crippen MR) is 66.9 cm³/mol. The highest BCUT2D eigenvalue weighted by atomic mass is 16.5. The summed E-state index contributed by atoms with van der Waals surface area (Å²) in [4.78, 5) is 11.3. The van der Waals surface area contributed by atoms with E-state index in [1.165, 1.54) is 0 Å². The summed E-state index contributed by atoms with van der Waals surface area (Å²) in [5, 5.41) is 0. The summed E-state index contributed by atoms with van der Waals surface area (Å²) in [5.74, 6) is 5.62. The van der Waals surface area contributed by atoms with Crippen LogP contribution in [0.4, 0.5) is 0 Å². The molecule has 1 amide bonds. The molecule has 1 aromatic rings. The second-order valence-corrected chi connectivity index (χ2v) is 4.46. The molecule has 0 bridgehead atoms. The van der Waals surface area contributed by atoms with E-state index in [-0.39, 0.29) is 12.0 Å². The van der Waals surface area contributed by atoms with Crippen molar-refractivity contribution >= 4 is 5.91 Å². The van der Waals surface area contributed by atoms with Crippen LogP contribution in [0.25, 0.3) is 0 Å². The Morgan fingerprint density at radius 3 is 3.11 bits per heavy atom. The third-order valence-corrected chi connectivity index (χ3v) is 2.97. The monoisotopic (exact) mass is 250 g/mol. The molecule has 0 saturated carbocycles. The molecule has 18 heavy (non-hydrogen) atoms. The van der Waals surface area contributed by atoms with Gasteiger partial charge in [-0.15, -0.1) is 0 Å². The van der Waals surface area contributed by atoms with Gasteiger partial charge >= 0.3 is 0 Å². The molecule has 1 saturated heterocycles. The van der Waals surface area contributed by atoms with Crippen molar-refractivity contribution in [2.75, 3.05) is 6.61 Å². The van der Waals surface area contributed by atoms with Gasteiger partial charge in [-0.2, -0.15) is 0 Å². The number of carbonyl (C=O) groups is 1. The molecule has 2 unspecified atom stereocenters. The predicted octanol–water partition coefficient (Wildman–Crippen LogP) is 0.911. The second kappa shape index (κ2) is 5.84. The van der Waals surface area contributed by atoms with Crippen molar-refractivity contribution in [3.8, 4) is 5.75 Å². The van der Waals surface area contributed by atoms with Crippen molar-refractivity contribution in [2.24, 2.45) is 5.84 Å². The maximum absolute atomic E-state index is 11.3. The molecule has 2 rings (SSSR count). The summed E-state index contributed by atoms with van der Waals surface area (Å²) in [6, 6.07) is 7.84. The summed E-state index contributed by atoms with van der Waals surface area (Å²) in [7, 11) is 0. The smallest absolute Gasteiger partial charge is 0.263 e. The van der Waals surface area contributed by atoms with Crippen molar-refractivity contribution in [1.82, 2.24) is 5.43 Å². The van der Waals surface area contributed by atoms with Crippen LogP contribution in [0, 0.1) is 6.92 Å². The van der Waals surface area contributed by atoms with Crippen LogP contribution in [0.3, 0.4) is 0 Å². The molecule has 0 aliphatic carbocycles. The van der Waals surface area contributed by atoms with Crippen LogP contribution < -0.4 is 16.0 Å². The molecule has 1 aliphatic heterocycles. The lowest BCUT2D eigenvalue weighted by Crippen LogP contribution is -2.39. The van der Waals surface area contributed by atoms with E-state index < -0.39 is 6.10 Å². The Hall–Kier alpha value is -1.59. The molecule has 5 nitrogen and oxygen atoms in total. The van der Waals surface area contributed by atoms with Gasteiger partial charge in [-0.1, -0.05) is 12.1 Å². The van der Waals surface area contributed by atoms with Gasteiger partial charge in [0, 0.05) is 0 Å². The van der Waals surface area contributed by atoms with Crippen molar-refractivity contribution in [1.29, 1.82) is 0 Å². The van der Waals surface area contributed by atoms with Crippen molar-refractivity contribution < 1.29 is 14.3 Å². The Labute approximate surface area is 106 Å². The lowest BCUT2D eigenvalue weighted by molar-refractivity contribution is -0.132. The molecule has 1 fully saturated rings. The molecule has 5 heteroatoms. The minimum atomic E-state index is -0.443. The van der Waals surface area contributed by atoms with Crippen molar-refractivity contribution in [3.63, 3.8) is 0 Å². The first-order valence-corrected chi connectivity index (χ1v) is 6.04. The third-order valence-electron chi connectivity index (χ3n) is 2.97. The van der Waals surface area contributed by atoms with E-state index in [4.69, 9.17) is 15.3 Å². The number of amides is 1. The normalized spacial score (nSPS) is 22.8. The Morgan fingerprint density at radius 1 is 1.56 bits per heavy atom. The maximum atomic E-state index is 11.3. The molecule has 0 spiro atoms. The van der Waals surface area contributed by atoms with Crippen molar-refractivity contribution in [2.45, 2.75) is 32.0 Å². The van der Waals surface area contributed by atoms with Crippen LogP contribution in [0.5, 0.6) is 5.75 Å². The Bertz CT molecular complexity index is 422. The molecule has 3 N–H and O–H groups in total. The van der Waals surface area contributed by atoms with Gasteiger partial charge in [0.1, 0.15) is 18.5 Å². The van der Waals surface area contributed by atoms with E-state index in [0.717, 1.165) is 17.7 Å². The first kappa shape index (κ1) is 12.9. The molecular formula is C13H18N2O3. The minimum Gasteiger partial charge on any atom is -0.491 e. The standard InChI is InChI=1S/C13H18N2O3/c1-9-3-2-4-10(7-9)17-8-11-5-6-12(18-11)13(16)15-14/h2-4,7,11-12H,5-6,8,14H2,1H3,(H,15,16). The molecular weight excluding hydrogens is 232 g/mol. The van der Waals surface area contributed by atoms with E-state index in [0.29, 0.717) is 13.0 Å². The molecule has 1 heterocycles. The Kier molecular flexibility index (Phi) is 4.17. The fraction of sp³-hybridized carbons (Fsp3) is 0.462. The quantitative estimate of drug-likeness (QED) is 0.473. The van der Waals surface area contributed by atoms with Crippen LogP contribution in [0.1, 0.15) is 18.4 Å². The van der Waals surface area contributed by atoms with Gasteiger partial charge in [-0.3, -0.25) is 10.2 Å². The highest BCUT2D eigenvalue weighted by Gasteiger charge is 2.30. The lowest BCUT2D eigenvalue weighted by Gasteiger charge is -2.14. The summed E-state index contributed by atoms with van der Waals surface area (Å²) in [5.41, 5.74) is 3.26. The Balaban J connectivity index is 1.80. The summed E-state index contributed by atoms with van der Waals surface area (Å²) < 4.78 is 11.2. The molecule has 2 atom stereocenters. The Morgan fingerprint density at radius 2 is 2.39 bits per heavy atom. The molecule has 1 aromatic carbocycles. The number of ether oxygens (including phenoxy) is 2. The van der Waals surface area contributed by atoms with Gasteiger partial charge in [0.15, 0.2) is 0 Å². The van der Waals surface area contributed by atoms with Crippen LogP contribution >= 0.6 is 0 Å². The number of hydrogen-bond donors (Lipinski definition) is 2. The number of rotatable bonds is 4. The second-order valence-electron chi connectivity index (χ2n) is 4.46. The molecule has 0 aromatic heterocycles. The van der Waals surface area contributed by atoms with Gasteiger partial charge < -0.3 is 9.47 Å². The maximum Gasteiger partial charge on any atom is 0.263 e. The van der Waals surface area contributed by atoms with E-state index >= 15 is 0 Å². The fourth-order valence-corrected chi connectivity index (χ4v) is 2.01. The van der Waals surface area contributed by atoms with Crippen LogP contribution in [-0.4, -0.2) is 24.7 Å². The number of nitrogens with two attached hydrogens (primary N) is 1. The number of nitrogens with one attached hydrogen (secondary N) is 1. The van der Waals surface area contributed by atoms with Gasteiger partial charge in [-0.25, -0.2) is 5.84 Å². The van der Waals surface area contributed by atoms with Crippen LogP contribution in [-0.2, 0) is 9.53 Å². The van der Waals surface area contributed by atoms with Crippen LogP contribution in [0.15, 0.2) is 24.3 Å². The zero-order valence-corrected chi connectivity index (χ0v) is 10.4. The number of hydrogen-bond acceptors (Lipinski definition) is 4. The van der Waals surface area contributed by atoms with Crippen molar-refractivity contribution in [3.05, 3.63) is 29.8 Å². The van der Waals surface area contributed by atoms with E-state index in [2.05, 4.69) is 5.43 Å². The lowest BCUT2D eigenvalue weighted by atomic mass is 10.2. The zero-order chi connectivity index (χ0) is 13.0. The van der Waals surface area contributed by atoms with E-state index in [1.54, 1.807) is 0 Å². The summed E-state index contributed by atoms with van der Waals surface area (Å²) >= 11 is 0. The number of aryl methyl sites for hydroxylation is 1. The first-order valence-electron chi connectivity index (χ1n) is 6.04. The first-order chi connectivity index (χ1) is 8.69. The van der Waals surface area contributed by atoms with Gasteiger partial charge in [-0.05, 0) is 37.5 Å². The third kappa shape index (κ3) is 3.21. The molecule has 1 aliphatic rings. The zero-order valence-electron chi connectivity index (χ0n) is 10.4. The average Bonchev–Trinajstić information content (AvgIpc) is 2.84. The van der Waals surface area contributed by atoms with E-state index in [9.17, 15) is 4.79 Å². The number of benzene rings is 1. The van der Waals surface area contributed by atoms with Gasteiger partial charge in [0.2, 0.25) is 0 Å². The number of hydrazine groups is 1. The fourth-order valence-electron chi connectivity index (χ4n) is 2.01. The van der Waals surface area contributed by atoms with Gasteiger partial charge in [0.25, 0.3) is 5.91 Å². The minimum absolute atomic E-state index is 0.0483. The summed E-state index contributed by atoms with van der Waals surface area (Å²) in [6.45, 7) is 2.47. The highest BCUT2D eigenvalue weighted by molar-refractivity contribution is 5.80. The van der Waals surface area contributed by atoms with Crippen LogP contribution in [0.2, 0.25) is 0 Å². The van der Waals surface area contributed by atoms with Gasteiger partial charge in [0.05, 0.1) is 6.10 Å². The SMILES string of the molecule is Cc1cccc(OCC2CCC(C(=O)NN)O2)c1. The number of carbonyl (C=O) groups excluding carboxylic acids is 1. The van der Waals surface area contributed by atoms with E-state index in [1.807, 2.05) is 31.2 Å². The summed E-state index contributed by atoms with van der Waals surface area (Å²) in [6.07, 6.45) is 1.00. The topological polar surface area (TPSA) is 73.6 Å². The average molecular weight is 250 g/mol. The molecule has 0 radical (unpaired) electrons. The largest absolute Gasteiger partial charge is 0.491 e. The highest BCUT2D eigenvalue weighted by Crippen LogP contribution is 2.21.